The summed E-state index contributed by atoms with van der Waals surface area (Å²) < 4.78 is 5.14. The molecule has 0 aromatic rings. The van der Waals surface area contributed by atoms with E-state index in [1.165, 1.54) is 19.3 Å². The summed E-state index contributed by atoms with van der Waals surface area (Å²) in [6, 6.07) is -0.386. The maximum absolute atomic E-state index is 11.6. The van der Waals surface area contributed by atoms with Gasteiger partial charge in [0.25, 0.3) is 0 Å². The number of nitrogens with one attached hydrogen (secondary N) is 2. The molecule has 0 aromatic carbocycles. The molecule has 0 saturated carbocycles. The number of hydrogen-bond acceptors (Lipinski definition) is 4. The molecule has 1 unspecified atom stereocenters. The Morgan fingerprint density at radius 1 is 1.35 bits per heavy atom. The Hall–Kier alpha value is -1.10. The van der Waals surface area contributed by atoms with Gasteiger partial charge in [0.2, 0.25) is 5.91 Å². The van der Waals surface area contributed by atoms with E-state index in [-0.39, 0.29) is 24.5 Å². The number of hydrogen-bond donors (Lipinski definition) is 2. The summed E-state index contributed by atoms with van der Waals surface area (Å²) in [5.41, 5.74) is 0. The van der Waals surface area contributed by atoms with Gasteiger partial charge >= 0.3 is 5.97 Å². The Morgan fingerprint density at radius 2 is 2.12 bits per heavy atom. The molecule has 5 nitrogen and oxygen atoms in total. The van der Waals surface area contributed by atoms with Gasteiger partial charge in [-0.25, -0.2) is 0 Å². The quantitative estimate of drug-likeness (QED) is 0.506. The normalized spacial score (nSPS) is 19.8. The van der Waals surface area contributed by atoms with Gasteiger partial charge in [-0.1, -0.05) is 32.6 Å². The Morgan fingerprint density at radius 3 is 2.76 bits per heavy atom. The zero-order chi connectivity index (χ0) is 12.5. The highest BCUT2D eigenvalue weighted by atomic mass is 16.5. The molecule has 98 valence electrons. The summed E-state index contributed by atoms with van der Waals surface area (Å²) >= 11 is 0. The third-order valence-electron chi connectivity index (χ3n) is 2.79. The van der Waals surface area contributed by atoms with Gasteiger partial charge < -0.3 is 10.1 Å². The predicted molar refractivity (Wildman–Crippen MR) is 64.5 cm³/mol. The zero-order valence-electron chi connectivity index (χ0n) is 10.5. The molecule has 1 aliphatic rings. The van der Waals surface area contributed by atoms with Crippen LogP contribution in [0.5, 0.6) is 0 Å². The largest absolute Gasteiger partial charge is 0.464 e. The van der Waals surface area contributed by atoms with E-state index in [0.29, 0.717) is 13.2 Å². The van der Waals surface area contributed by atoms with Crippen LogP contribution in [0.1, 0.15) is 39.0 Å². The standard InChI is InChI=1S/C12H22N2O3/c1-2-3-4-5-6-7-17-12(16)10-8-14-11(15)9-13-10/h10,13H,2-9H2,1H3,(H,14,15). The summed E-state index contributed by atoms with van der Waals surface area (Å²) in [6.07, 6.45) is 5.68. The highest BCUT2D eigenvalue weighted by molar-refractivity contribution is 5.83. The lowest BCUT2D eigenvalue weighted by Crippen LogP contribution is -2.55. The van der Waals surface area contributed by atoms with Crippen molar-refractivity contribution in [3.05, 3.63) is 0 Å². The minimum Gasteiger partial charge on any atom is -0.464 e. The van der Waals surface area contributed by atoms with Gasteiger partial charge in [-0.3, -0.25) is 14.9 Å². The van der Waals surface area contributed by atoms with Crippen LogP contribution in [-0.4, -0.2) is 37.6 Å². The van der Waals surface area contributed by atoms with Crippen LogP contribution < -0.4 is 10.6 Å². The number of rotatable bonds is 7. The first-order valence-electron chi connectivity index (χ1n) is 6.40. The third-order valence-corrected chi connectivity index (χ3v) is 2.79. The summed E-state index contributed by atoms with van der Waals surface area (Å²) in [4.78, 5) is 22.4. The van der Waals surface area contributed by atoms with E-state index < -0.39 is 0 Å². The molecule has 0 radical (unpaired) electrons. The van der Waals surface area contributed by atoms with Crippen molar-refractivity contribution in [2.24, 2.45) is 0 Å². The van der Waals surface area contributed by atoms with E-state index in [1.807, 2.05) is 0 Å². The lowest BCUT2D eigenvalue weighted by atomic mass is 10.2. The molecular formula is C12H22N2O3. The van der Waals surface area contributed by atoms with Crippen LogP contribution in [0.3, 0.4) is 0 Å². The Kier molecular flexibility index (Phi) is 6.62. The molecule has 0 aliphatic carbocycles. The van der Waals surface area contributed by atoms with Crippen molar-refractivity contribution in [3.63, 3.8) is 0 Å². The smallest absolute Gasteiger partial charge is 0.324 e. The monoisotopic (exact) mass is 242 g/mol. The van der Waals surface area contributed by atoms with Crippen molar-refractivity contribution in [1.82, 2.24) is 10.6 Å². The average Bonchev–Trinajstić information content (AvgIpc) is 2.34. The molecule has 0 spiro atoms. The highest BCUT2D eigenvalue weighted by Gasteiger charge is 2.24. The van der Waals surface area contributed by atoms with Gasteiger partial charge in [-0.15, -0.1) is 0 Å². The first-order valence-corrected chi connectivity index (χ1v) is 6.40. The predicted octanol–water partition coefficient (Wildman–Crippen LogP) is 0.588. The minimum absolute atomic E-state index is 0.0754. The van der Waals surface area contributed by atoms with Crippen LogP contribution >= 0.6 is 0 Å². The summed E-state index contributed by atoms with van der Waals surface area (Å²) in [7, 11) is 0. The molecule has 1 rings (SSSR count). The maximum atomic E-state index is 11.6. The van der Waals surface area contributed by atoms with Crippen molar-refractivity contribution >= 4 is 11.9 Å². The van der Waals surface area contributed by atoms with E-state index in [9.17, 15) is 9.59 Å². The molecule has 1 amide bonds. The van der Waals surface area contributed by atoms with E-state index in [0.717, 1.165) is 12.8 Å². The van der Waals surface area contributed by atoms with Crippen LogP contribution in [0.4, 0.5) is 0 Å². The molecule has 1 atom stereocenters. The van der Waals surface area contributed by atoms with Crippen molar-refractivity contribution in [2.75, 3.05) is 19.7 Å². The van der Waals surface area contributed by atoms with Crippen molar-refractivity contribution in [1.29, 1.82) is 0 Å². The summed E-state index contributed by atoms with van der Waals surface area (Å²) in [5.74, 6) is -0.339. The second-order valence-corrected chi connectivity index (χ2v) is 4.32. The van der Waals surface area contributed by atoms with Crippen molar-refractivity contribution < 1.29 is 14.3 Å². The number of ether oxygens (including phenoxy) is 1. The topological polar surface area (TPSA) is 67.4 Å². The lowest BCUT2D eigenvalue weighted by molar-refractivity contribution is -0.147. The summed E-state index contributed by atoms with van der Waals surface area (Å²) in [6.45, 7) is 3.17. The lowest BCUT2D eigenvalue weighted by Gasteiger charge is -2.22. The molecule has 1 aliphatic heterocycles. The fraction of sp³-hybridized carbons (Fsp3) is 0.833. The van der Waals surface area contributed by atoms with E-state index in [4.69, 9.17) is 4.74 Å². The molecule has 0 aromatic heterocycles. The molecule has 17 heavy (non-hydrogen) atoms. The van der Waals surface area contributed by atoms with E-state index in [2.05, 4.69) is 17.6 Å². The fourth-order valence-electron chi connectivity index (χ4n) is 1.71. The second-order valence-electron chi connectivity index (χ2n) is 4.32. The van der Waals surface area contributed by atoms with Crippen LogP contribution in [0.15, 0.2) is 0 Å². The molecule has 5 heteroatoms. The number of unbranched alkanes of at least 4 members (excludes halogenated alkanes) is 4. The number of piperazine rings is 1. The third kappa shape index (κ3) is 5.68. The number of amides is 1. The zero-order valence-corrected chi connectivity index (χ0v) is 10.5. The van der Waals surface area contributed by atoms with Crippen molar-refractivity contribution in [2.45, 2.75) is 45.1 Å². The van der Waals surface area contributed by atoms with Gasteiger partial charge in [0, 0.05) is 6.54 Å². The second kappa shape index (κ2) is 8.06. The SMILES string of the molecule is CCCCCCCOC(=O)C1CNC(=O)CN1. The molecule has 1 fully saturated rings. The maximum Gasteiger partial charge on any atom is 0.324 e. The van der Waals surface area contributed by atoms with Gasteiger partial charge in [-0.2, -0.15) is 0 Å². The van der Waals surface area contributed by atoms with Crippen molar-refractivity contribution in [3.8, 4) is 0 Å². The first kappa shape index (κ1) is 14.0. The highest BCUT2D eigenvalue weighted by Crippen LogP contribution is 2.03. The van der Waals surface area contributed by atoms with E-state index in [1.54, 1.807) is 0 Å². The van der Waals surface area contributed by atoms with Crippen LogP contribution in [0.25, 0.3) is 0 Å². The fourth-order valence-corrected chi connectivity index (χ4v) is 1.71. The molecule has 2 N–H and O–H groups in total. The van der Waals surface area contributed by atoms with Gasteiger partial charge in [0.1, 0.15) is 6.04 Å². The average molecular weight is 242 g/mol. The molecule has 1 saturated heterocycles. The van der Waals surface area contributed by atoms with Gasteiger partial charge in [0.15, 0.2) is 0 Å². The molecular weight excluding hydrogens is 220 g/mol. The first-order chi connectivity index (χ1) is 8.24. The van der Waals surface area contributed by atoms with Gasteiger partial charge in [-0.05, 0) is 6.42 Å². The van der Waals surface area contributed by atoms with Crippen LogP contribution in [-0.2, 0) is 14.3 Å². The molecule has 1 heterocycles. The van der Waals surface area contributed by atoms with Gasteiger partial charge in [0.05, 0.1) is 13.2 Å². The number of carbonyl (C=O) groups excluding carboxylic acids is 2. The van der Waals surface area contributed by atoms with Crippen LogP contribution in [0.2, 0.25) is 0 Å². The van der Waals surface area contributed by atoms with Crippen LogP contribution in [0, 0.1) is 0 Å². The minimum atomic E-state index is -0.386. The Bertz CT molecular complexity index is 246. The summed E-state index contributed by atoms with van der Waals surface area (Å²) in [5, 5.41) is 5.47. The van der Waals surface area contributed by atoms with E-state index >= 15 is 0 Å². The number of carbonyl (C=O) groups is 2. The molecule has 0 bridgehead atoms. The Labute approximate surface area is 102 Å². The Balaban J connectivity index is 2.03. The number of esters is 1.